The summed E-state index contributed by atoms with van der Waals surface area (Å²) in [6.45, 7) is 1.82. The molecule has 10 heteroatoms. The summed E-state index contributed by atoms with van der Waals surface area (Å²) in [7, 11) is 0. The van der Waals surface area contributed by atoms with Crippen LogP contribution in [0.3, 0.4) is 0 Å². The first-order chi connectivity index (χ1) is 15.8. The summed E-state index contributed by atoms with van der Waals surface area (Å²) in [6, 6.07) is 9.05. The molecule has 2 fully saturated rings. The van der Waals surface area contributed by atoms with Crippen LogP contribution in [-0.4, -0.2) is 30.4 Å². The van der Waals surface area contributed by atoms with Gasteiger partial charge in [-0.1, -0.05) is 6.07 Å². The fourth-order valence-corrected chi connectivity index (χ4v) is 4.73. The first kappa shape index (κ1) is 20.0. The largest absolute Gasteiger partial charge is 0.434 e. The first-order valence-electron chi connectivity index (χ1n) is 10.7. The Kier molecular flexibility index (Phi) is 4.17. The van der Waals surface area contributed by atoms with Crippen molar-refractivity contribution in [1.82, 2.24) is 24.5 Å². The third-order valence-corrected chi connectivity index (χ3v) is 6.52. The maximum absolute atomic E-state index is 13.2. The number of carbonyl (C=O) groups excluding carboxylic acids is 1. The third-order valence-electron chi connectivity index (χ3n) is 6.52. The van der Waals surface area contributed by atoms with E-state index in [1.165, 1.54) is 4.57 Å². The van der Waals surface area contributed by atoms with Crippen molar-refractivity contribution in [2.24, 2.45) is 11.8 Å². The lowest BCUT2D eigenvalue weighted by molar-refractivity contribution is -0.141. The molecular formula is C23H19F3N6O. The topological polar surface area (TPSA) is 79.7 Å². The summed E-state index contributed by atoms with van der Waals surface area (Å²) >= 11 is 0. The standard InChI is InChI=1S/C23H19F3N6O/c1-12-15(5-7-19(30-12)31-9-18(29-11-31)23(24,25)26)21-20(13-2-3-13)22(33)32(21)14-4-6-16-17(8-14)28-10-27-16/h4-11,13,20-21H,2-3H2,1H3,(H,27,28)/t20?,21-/m1/s1. The average molecular weight is 452 g/mol. The van der Waals surface area contributed by atoms with Crippen molar-refractivity contribution in [2.45, 2.75) is 32.0 Å². The number of H-pyrrole nitrogens is 1. The maximum Gasteiger partial charge on any atom is 0.434 e. The van der Waals surface area contributed by atoms with E-state index in [0.29, 0.717) is 17.4 Å². The molecule has 1 unspecified atom stereocenters. The Hall–Kier alpha value is -3.69. The second-order valence-electron chi connectivity index (χ2n) is 8.63. The third kappa shape index (κ3) is 3.20. The van der Waals surface area contributed by atoms with Crippen LogP contribution in [0, 0.1) is 18.8 Å². The molecular weight excluding hydrogens is 433 g/mol. The van der Waals surface area contributed by atoms with Gasteiger partial charge in [0.2, 0.25) is 5.91 Å². The summed E-state index contributed by atoms with van der Waals surface area (Å²) in [5, 5.41) is 0. The maximum atomic E-state index is 13.2. The number of hydrogen-bond donors (Lipinski definition) is 1. The Bertz CT molecular complexity index is 1390. The van der Waals surface area contributed by atoms with E-state index in [-0.39, 0.29) is 17.9 Å². The van der Waals surface area contributed by atoms with Gasteiger partial charge in [-0.3, -0.25) is 9.36 Å². The molecule has 2 atom stereocenters. The van der Waals surface area contributed by atoms with Crippen molar-refractivity contribution in [1.29, 1.82) is 0 Å². The zero-order valence-corrected chi connectivity index (χ0v) is 17.5. The van der Waals surface area contributed by atoms with Gasteiger partial charge in [0.25, 0.3) is 0 Å². The summed E-state index contributed by atoms with van der Waals surface area (Å²) < 4.78 is 40.0. The number of nitrogens with zero attached hydrogens (tertiary/aromatic N) is 5. The second kappa shape index (κ2) is 6.90. The number of anilines is 1. The zero-order valence-electron chi connectivity index (χ0n) is 17.5. The number of imidazole rings is 2. The molecule has 4 aromatic rings. The number of benzene rings is 1. The number of β-lactam (4-membered cyclic amide) rings is 1. The molecule has 1 aromatic carbocycles. The second-order valence-corrected chi connectivity index (χ2v) is 8.63. The van der Waals surface area contributed by atoms with Gasteiger partial charge in [-0.25, -0.2) is 15.0 Å². The highest BCUT2D eigenvalue weighted by Gasteiger charge is 2.55. The Balaban J connectivity index is 1.37. The highest BCUT2D eigenvalue weighted by molar-refractivity contribution is 6.04. The number of pyridine rings is 1. The van der Waals surface area contributed by atoms with Crippen molar-refractivity contribution in [3.05, 3.63) is 66.1 Å². The minimum atomic E-state index is -4.51. The molecule has 3 aromatic heterocycles. The predicted molar refractivity (Wildman–Crippen MR) is 114 cm³/mol. The number of rotatable bonds is 4. The van der Waals surface area contributed by atoms with Gasteiger partial charge < -0.3 is 9.88 Å². The van der Waals surface area contributed by atoms with E-state index in [1.54, 1.807) is 17.3 Å². The fraction of sp³-hybridized carbons (Fsp3) is 0.304. The molecule has 33 heavy (non-hydrogen) atoms. The van der Waals surface area contributed by atoms with Crippen LogP contribution in [0.25, 0.3) is 16.9 Å². The van der Waals surface area contributed by atoms with Gasteiger partial charge in [-0.15, -0.1) is 0 Å². The van der Waals surface area contributed by atoms with E-state index >= 15 is 0 Å². The minimum absolute atomic E-state index is 0.0882. The number of fused-ring (bicyclic) bond motifs is 1. The zero-order chi connectivity index (χ0) is 22.9. The summed E-state index contributed by atoms with van der Waals surface area (Å²) in [5.74, 6) is 0.675. The number of halogens is 3. The van der Waals surface area contributed by atoms with Crippen LogP contribution in [0.15, 0.2) is 49.2 Å². The molecule has 1 saturated heterocycles. The molecule has 1 saturated carbocycles. The van der Waals surface area contributed by atoms with E-state index in [1.807, 2.05) is 31.2 Å². The van der Waals surface area contributed by atoms with Crippen LogP contribution in [0.2, 0.25) is 0 Å². The molecule has 2 aliphatic rings. The molecule has 0 bridgehead atoms. The van der Waals surface area contributed by atoms with Gasteiger partial charge in [0.15, 0.2) is 5.69 Å². The lowest BCUT2D eigenvalue weighted by Gasteiger charge is -2.48. The predicted octanol–water partition coefficient (Wildman–Crippen LogP) is 4.58. The fourth-order valence-electron chi connectivity index (χ4n) is 4.73. The van der Waals surface area contributed by atoms with Crippen LogP contribution < -0.4 is 4.90 Å². The summed E-state index contributed by atoms with van der Waals surface area (Å²) in [4.78, 5) is 30.3. The summed E-state index contributed by atoms with van der Waals surface area (Å²) in [5.41, 5.74) is 3.04. The van der Waals surface area contributed by atoms with Crippen molar-refractivity contribution < 1.29 is 18.0 Å². The van der Waals surface area contributed by atoms with E-state index in [0.717, 1.165) is 47.7 Å². The van der Waals surface area contributed by atoms with E-state index < -0.39 is 11.9 Å². The Labute approximate surface area is 186 Å². The number of nitrogens with one attached hydrogen (secondary N) is 1. The molecule has 0 radical (unpaired) electrons. The summed E-state index contributed by atoms with van der Waals surface area (Å²) in [6.07, 6.45) is 1.18. The van der Waals surface area contributed by atoms with Crippen molar-refractivity contribution in [2.75, 3.05) is 4.90 Å². The first-order valence-corrected chi connectivity index (χ1v) is 10.7. The van der Waals surface area contributed by atoms with Gasteiger partial charge in [0, 0.05) is 17.6 Å². The van der Waals surface area contributed by atoms with Crippen molar-refractivity contribution >= 4 is 22.6 Å². The number of aromatic nitrogens is 5. The Morgan fingerprint density at radius 2 is 1.94 bits per heavy atom. The van der Waals surface area contributed by atoms with Gasteiger partial charge in [-0.2, -0.15) is 13.2 Å². The molecule has 7 nitrogen and oxygen atoms in total. The molecule has 1 aliphatic carbocycles. The Morgan fingerprint density at radius 1 is 1.12 bits per heavy atom. The Morgan fingerprint density at radius 3 is 2.64 bits per heavy atom. The van der Waals surface area contributed by atoms with Crippen LogP contribution in [-0.2, 0) is 11.0 Å². The molecule has 1 amide bonds. The lowest BCUT2D eigenvalue weighted by Crippen LogP contribution is -2.56. The average Bonchev–Trinajstić information content (AvgIpc) is 3.25. The van der Waals surface area contributed by atoms with Crippen LogP contribution >= 0.6 is 0 Å². The van der Waals surface area contributed by atoms with Gasteiger partial charge >= 0.3 is 6.18 Å². The van der Waals surface area contributed by atoms with Gasteiger partial charge in [0.05, 0.1) is 29.3 Å². The van der Waals surface area contributed by atoms with Crippen LogP contribution in [0.5, 0.6) is 0 Å². The highest BCUT2D eigenvalue weighted by atomic mass is 19.4. The number of aromatic amines is 1. The smallest absolute Gasteiger partial charge is 0.345 e. The highest BCUT2D eigenvalue weighted by Crippen LogP contribution is 2.54. The van der Waals surface area contributed by atoms with Crippen molar-refractivity contribution in [3.63, 3.8) is 0 Å². The monoisotopic (exact) mass is 452 g/mol. The molecule has 6 rings (SSSR count). The number of amides is 1. The van der Waals surface area contributed by atoms with E-state index in [2.05, 4.69) is 19.9 Å². The molecule has 1 aliphatic heterocycles. The van der Waals surface area contributed by atoms with Crippen LogP contribution in [0.1, 0.15) is 35.8 Å². The minimum Gasteiger partial charge on any atom is -0.345 e. The van der Waals surface area contributed by atoms with E-state index in [4.69, 9.17) is 0 Å². The SMILES string of the molecule is Cc1nc(-n2cnc(C(F)(F)F)c2)ccc1[C@@H]1C(C2CC2)C(=O)N1c1ccc2[nH]cnc2c1. The van der Waals surface area contributed by atoms with Gasteiger partial charge in [-0.05, 0) is 55.5 Å². The number of aryl methyl sites for hydroxylation is 1. The number of carbonyl (C=O) groups is 1. The number of alkyl halides is 3. The quantitative estimate of drug-likeness (QED) is 0.460. The normalized spacial score (nSPS) is 21.0. The molecule has 0 spiro atoms. The molecule has 1 N–H and O–H groups in total. The molecule has 4 heterocycles. The molecule has 168 valence electrons. The van der Waals surface area contributed by atoms with Gasteiger partial charge in [0.1, 0.15) is 12.1 Å². The lowest BCUT2D eigenvalue weighted by atomic mass is 9.78. The van der Waals surface area contributed by atoms with E-state index in [9.17, 15) is 18.0 Å². The number of hydrogen-bond acceptors (Lipinski definition) is 4. The van der Waals surface area contributed by atoms with Crippen LogP contribution in [0.4, 0.5) is 18.9 Å². The van der Waals surface area contributed by atoms with Crippen molar-refractivity contribution in [3.8, 4) is 5.82 Å².